The summed E-state index contributed by atoms with van der Waals surface area (Å²) in [6, 6.07) is 16.0. The van der Waals surface area contributed by atoms with Crippen LogP contribution >= 0.6 is 0 Å². The number of hydrogen-bond donors (Lipinski definition) is 5. The molecule has 0 saturated carbocycles. The molecule has 3 rings (SSSR count). The van der Waals surface area contributed by atoms with E-state index in [1.165, 1.54) is 13.2 Å². The minimum atomic E-state index is -0.980. The quantitative estimate of drug-likeness (QED) is 0.156. The van der Waals surface area contributed by atoms with Crippen molar-refractivity contribution in [3.8, 4) is 17.0 Å². The molecule has 1 aromatic heterocycles. The maximum absolute atomic E-state index is 13.5. The molecule has 5 N–H and O–H groups in total. The molecule has 0 aliphatic heterocycles. The zero-order valence-electron chi connectivity index (χ0n) is 28.1. The number of phenolic OH excluding ortho intramolecular Hbond substituents is 1. The SMILES string of the molecule is CNC[C@H](c1cc(NC(=O)[C@@H](NC(=O)OC)C(C)(C)C)c(O)cc1NC(=O)OC(C)(C)C)[C@H](C)c1ccc(-c2ccccn2)cc1. The van der Waals surface area contributed by atoms with Gasteiger partial charge in [-0.1, -0.05) is 58.0 Å². The van der Waals surface area contributed by atoms with Gasteiger partial charge in [0.05, 0.1) is 24.2 Å². The number of nitrogens with zero attached hydrogens (tertiary/aromatic N) is 1. The second-order valence-electron chi connectivity index (χ2n) is 13.3. The third-order valence-electron chi connectivity index (χ3n) is 7.46. The lowest BCUT2D eigenvalue weighted by Crippen LogP contribution is -2.51. The molecule has 2 aromatic carbocycles. The highest BCUT2D eigenvalue weighted by molar-refractivity contribution is 5.99. The summed E-state index contributed by atoms with van der Waals surface area (Å²) in [7, 11) is 3.05. The van der Waals surface area contributed by atoms with Crippen molar-refractivity contribution in [1.82, 2.24) is 15.6 Å². The molecule has 0 radical (unpaired) electrons. The number of pyridine rings is 1. The number of anilines is 2. The molecule has 1 heterocycles. The van der Waals surface area contributed by atoms with E-state index in [0.29, 0.717) is 17.8 Å². The average Bonchev–Trinajstić information content (AvgIpc) is 2.98. The molecule has 0 aliphatic carbocycles. The number of nitrogens with one attached hydrogen (secondary N) is 4. The Hall–Kier alpha value is -4.64. The van der Waals surface area contributed by atoms with Gasteiger partial charge in [0, 0.05) is 30.3 Å². The van der Waals surface area contributed by atoms with E-state index < -0.39 is 35.2 Å². The number of carbonyl (C=O) groups excluding carboxylic acids is 3. The zero-order valence-corrected chi connectivity index (χ0v) is 28.1. The van der Waals surface area contributed by atoms with Crippen LogP contribution in [-0.4, -0.2) is 60.5 Å². The number of hydrogen-bond acceptors (Lipinski definition) is 8. The fourth-order valence-corrected chi connectivity index (χ4v) is 5.09. The van der Waals surface area contributed by atoms with Crippen LogP contribution in [0.15, 0.2) is 60.8 Å². The largest absolute Gasteiger partial charge is 0.506 e. The van der Waals surface area contributed by atoms with Crippen molar-refractivity contribution >= 4 is 29.5 Å². The van der Waals surface area contributed by atoms with E-state index in [2.05, 4.69) is 33.2 Å². The Labute approximate surface area is 271 Å². The van der Waals surface area contributed by atoms with E-state index in [9.17, 15) is 19.5 Å². The van der Waals surface area contributed by atoms with Crippen molar-refractivity contribution in [3.05, 3.63) is 71.9 Å². The first kappa shape index (κ1) is 35.8. The molecule has 11 nitrogen and oxygen atoms in total. The topological polar surface area (TPSA) is 151 Å². The van der Waals surface area contributed by atoms with Gasteiger partial charge in [0.15, 0.2) is 0 Å². The van der Waals surface area contributed by atoms with Crippen LogP contribution < -0.4 is 21.3 Å². The van der Waals surface area contributed by atoms with Crippen LogP contribution in [0.1, 0.15) is 71.4 Å². The summed E-state index contributed by atoms with van der Waals surface area (Å²) in [5, 5.41) is 22.5. The van der Waals surface area contributed by atoms with Crippen molar-refractivity contribution in [2.24, 2.45) is 5.41 Å². The van der Waals surface area contributed by atoms with Gasteiger partial charge in [0.2, 0.25) is 5.91 Å². The predicted octanol–water partition coefficient (Wildman–Crippen LogP) is 6.62. The van der Waals surface area contributed by atoms with Crippen LogP contribution in [-0.2, 0) is 14.3 Å². The van der Waals surface area contributed by atoms with Gasteiger partial charge in [0.1, 0.15) is 17.4 Å². The van der Waals surface area contributed by atoms with E-state index in [-0.39, 0.29) is 23.3 Å². The number of ether oxygens (including phenoxy) is 2. The Morgan fingerprint density at radius 1 is 0.913 bits per heavy atom. The van der Waals surface area contributed by atoms with Gasteiger partial charge < -0.3 is 30.5 Å². The van der Waals surface area contributed by atoms with Gasteiger partial charge in [-0.3, -0.25) is 15.1 Å². The van der Waals surface area contributed by atoms with Crippen LogP contribution in [0.3, 0.4) is 0 Å². The summed E-state index contributed by atoms with van der Waals surface area (Å²) in [6.45, 7) is 13.3. The zero-order chi connectivity index (χ0) is 34.2. The van der Waals surface area contributed by atoms with Gasteiger partial charge in [-0.05, 0) is 68.5 Å². The minimum absolute atomic E-state index is 0.0826. The molecule has 0 unspecified atom stereocenters. The first-order valence-corrected chi connectivity index (χ1v) is 15.2. The van der Waals surface area contributed by atoms with E-state index in [1.54, 1.807) is 53.8 Å². The average molecular weight is 634 g/mol. The molecule has 0 aliphatic rings. The van der Waals surface area contributed by atoms with Gasteiger partial charge in [-0.25, -0.2) is 9.59 Å². The summed E-state index contributed by atoms with van der Waals surface area (Å²) in [5.74, 6) is -1.14. The molecule has 0 saturated heterocycles. The molecule has 0 bridgehead atoms. The molecule has 46 heavy (non-hydrogen) atoms. The lowest BCUT2D eigenvalue weighted by Gasteiger charge is -2.31. The van der Waals surface area contributed by atoms with Gasteiger partial charge in [0.25, 0.3) is 0 Å². The van der Waals surface area contributed by atoms with E-state index in [4.69, 9.17) is 9.47 Å². The summed E-state index contributed by atoms with van der Waals surface area (Å²) in [4.78, 5) is 42.9. The Bertz CT molecular complexity index is 1500. The molecule has 3 atom stereocenters. The number of phenols is 1. The maximum atomic E-state index is 13.5. The van der Waals surface area contributed by atoms with E-state index >= 15 is 0 Å². The number of rotatable bonds is 10. The van der Waals surface area contributed by atoms with Gasteiger partial charge in [-0.15, -0.1) is 0 Å². The number of aromatic hydroxyl groups is 1. The molecule has 11 heteroatoms. The van der Waals surface area contributed by atoms with Crippen LogP contribution in [0.25, 0.3) is 11.3 Å². The molecule has 0 spiro atoms. The second-order valence-corrected chi connectivity index (χ2v) is 13.3. The summed E-state index contributed by atoms with van der Waals surface area (Å²) < 4.78 is 10.2. The lowest BCUT2D eigenvalue weighted by molar-refractivity contribution is -0.120. The molecule has 0 fully saturated rings. The standard InChI is InChI=1S/C35H47N5O6/c1-21(22-13-15-23(16-14-22)26-12-10-11-17-37-26)25(20-36-8)24-18-28(29(41)19-27(24)39-33(44)46-35(5,6)7)38-31(42)30(34(2,3)4)40-32(43)45-9/h10-19,21,25,30,36,41H,20H2,1-9H3,(H,38,42)(H,39,44)(H,40,43)/t21-,25+,30-/m1/s1. The lowest BCUT2D eigenvalue weighted by atomic mass is 9.81. The Balaban J connectivity index is 2.07. The summed E-state index contributed by atoms with van der Waals surface area (Å²) in [5.41, 5.74) is 2.57. The van der Waals surface area contributed by atoms with Gasteiger partial charge >= 0.3 is 12.2 Å². The molecule has 248 valence electrons. The van der Waals surface area contributed by atoms with Crippen LogP contribution in [0.2, 0.25) is 0 Å². The third-order valence-corrected chi connectivity index (χ3v) is 7.46. The number of likely N-dealkylation sites (N-methyl/N-ethyl adjacent to an activating group) is 1. The van der Waals surface area contributed by atoms with Crippen LogP contribution in [0.4, 0.5) is 21.0 Å². The van der Waals surface area contributed by atoms with Crippen molar-refractivity contribution in [2.75, 3.05) is 31.3 Å². The number of alkyl carbamates (subject to hydrolysis) is 1. The molecular weight excluding hydrogens is 586 g/mol. The number of carbonyl (C=O) groups is 3. The highest BCUT2D eigenvalue weighted by atomic mass is 16.6. The maximum Gasteiger partial charge on any atom is 0.412 e. The number of amides is 3. The first-order valence-electron chi connectivity index (χ1n) is 15.2. The van der Waals surface area contributed by atoms with Crippen molar-refractivity contribution in [3.63, 3.8) is 0 Å². The smallest absolute Gasteiger partial charge is 0.412 e. The highest BCUT2D eigenvalue weighted by Gasteiger charge is 2.34. The van der Waals surface area contributed by atoms with Crippen molar-refractivity contribution in [1.29, 1.82) is 0 Å². The number of methoxy groups -OCH3 is 1. The monoisotopic (exact) mass is 633 g/mol. The molecule has 3 amide bonds. The number of benzene rings is 2. The Kier molecular flexibility index (Phi) is 11.8. The molecular formula is C35H47N5O6. The van der Waals surface area contributed by atoms with E-state index in [0.717, 1.165) is 16.8 Å². The second kappa shape index (κ2) is 15.1. The molecule has 3 aromatic rings. The van der Waals surface area contributed by atoms with Gasteiger partial charge in [-0.2, -0.15) is 0 Å². The third kappa shape index (κ3) is 9.68. The van der Waals surface area contributed by atoms with E-state index in [1.807, 2.05) is 49.5 Å². The van der Waals surface area contributed by atoms with Crippen molar-refractivity contribution in [2.45, 2.75) is 71.9 Å². The summed E-state index contributed by atoms with van der Waals surface area (Å²) >= 11 is 0. The minimum Gasteiger partial charge on any atom is -0.506 e. The fraction of sp³-hybridized carbons (Fsp3) is 0.429. The summed E-state index contributed by atoms with van der Waals surface area (Å²) in [6.07, 6.45) is 0.314. The fourth-order valence-electron chi connectivity index (χ4n) is 5.09. The first-order chi connectivity index (χ1) is 21.5. The van der Waals surface area contributed by atoms with Crippen LogP contribution in [0, 0.1) is 5.41 Å². The predicted molar refractivity (Wildman–Crippen MR) is 180 cm³/mol. The highest BCUT2D eigenvalue weighted by Crippen LogP contribution is 2.41. The Morgan fingerprint density at radius 3 is 2.13 bits per heavy atom. The van der Waals surface area contributed by atoms with Crippen LogP contribution in [0.5, 0.6) is 5.75 Å². The Morgan fingerprint density at radius 2 is 1.59 bits per heavy atom. The normalized spacial score (nSPS) is 13.6. The number of aromatic nitrogens is 1. The van der Waals surface area contributed by atoms with Crippen molar-refractivity contribution < 1.29 is 29.0 Å².